The van der Waals surface area contributed by atoms with Gasteiger partial charge in [-0.25, -0.2) is 0 Å². The predicted octanol–water partition coefficient (Wildman–Crippen LogP) is 13.8. The molecule has 4 heteroatoms. The molecule has 0 amide bonds. The van der Waals surface area contributed by atoms with E-state index in [1.165, 1.54) is 80.0 Å². The Labute approximate surface area is 421 Å². The summed E-state index contributed by atoms with van der Waals surface area (Å²) < 4.78 is 0. The number of hydrogen-bond donors (Lipinski definition) is 3. The third-order valence-corrected chi connectivity index (χ3v) is 10.4. The molecular weight excluding hydrogens is 778 g/mol. The molecule has 0 aliphatic rings. The molecule has 62 heavy (non-hydrogen) atoms. The van der Waals surface area contributed by atoms with Crippen molar-refractivity contribution in [2.75, 3.05) is 7.05 Å². The van der Waals surface area contributed by atoms with Gasteiger partial charge in [-0.05, 0) is 93.0 Å². The van der Waals surface area contributed by atoms with E-state index in [0.717, 1.165) is 30.4 Å². The summed E-state index contributed by atoms with van der Waals surface area (Å²) >= 11 is 0. The predicted molar refractivity (Wildman–Crippen MR) is 276 cm³/mol. The van der Waals surface area contributed by atoms with E-state index in [0.29, 0.717) is 11.8 Å². The molecule has 0 saturated carbocycles. The summed E-state index contributed by atoms with van der Waals surface area (Å²) in [4.78, 5) is 6.59. The Morgan fingerprint density at radius 3 is 1.87 bits per heavy atom. The van der Waals surface area contributed by atoms with Crippen LogP contribution in [0.3, 0.4) is 0 Å². The molecule has 0 aliphatic carbocycles. The molecule has 328 valence electrons. The Kier molecular flexibility index (Phi) is 31.3. The number of fused-ring (bicyclic) bond motifs is 2. The molecule has 0 saturated heterocycles. The van der Waals surface area contributed by atoms with Crippen molar-refractivity contribution in [3.63, 3.8) is 0 Å². The van der Waals surface area contributed by atoms with E-state index in [-0.39, 0.29) is 58.8 Å². The maximum Gasteiger partial charge on any atom is 1.00 e. The Morgan fingerprint density at radius 2 is 1.35 bits per heavy atom. The standard InChI is InChI=1S/C20H28N.C14H18.C11H11N.C10H12N.C2H6.CH3.K/c1-5-7-10-17(6-2)16(4)15(3)13-18-14-21-20-12-9-8-11-19(18)20;1-5-13(10-11(2)3)14-9-7-6-8-12(14)4;1-2-5-9-8-12-11-7-4-3-6-10(9)11;1-9(8-11-2)10-6-4-3-5-7-10;1-2;;/h8-12,14,16-17,21H,3,5-7,13H2,1-2,4H3;5-9H,2,10H2,1,3-4H3;2-4,6-8,12H,1,5H2;3-8,11H,1H2,2H3;1-2H3;1H3;/q-1;;;-1;;-1;+1/b;13-5-;;9-8-;;;. The van der Waals surface area contributed by atoms with Crippen LogP contribution in [0.2, 0.25) is 0 Å². The van der Waals surface area contributed by atoms with E-state index in [1.807, 2.05) is 75.8 Å². The van der Waals surface area contributed by atoms with Crippen LogP contribution >= 0.6 is 0 Å². The van der Waals surface area contributed by atoms with Gasteiger partial charge in [-0.2, -0.15) is 24.8 Å². The molecule has 6 aromatic rings. The van der Waals surface area contributed by atoms with Crippen LogP contribution in [0.5, 0.6) is 0 Å². The van der Waals surface area contributed by atoms with Gasteiger partial charge in [-0.15, -0.1) is 30.5 Å². The number of aromatic amines is 2. The van der Waals surface area contributed by atoms with E-state index in [2.05, 4.69) is 169 Å². The Hall–Kier alpha value is -4.03. The van der Waals surface area contributed by atoms with Crippen molar-refractivity contribution in [1.82, 2.24) is 15.3 Å². The van der Waals surface area contributed by atoms with Crippen molar-refractivity contribution in [2.24, 2.45) is 11.8 Å². The number of allylic oxidation sites excluding steroid dienone is 6. The Balaban J connectivity index is 0.000000806. The van der Waals surface area contributed by atoms with Crippen LogP contribution in [0, 0.1) is 39.5 Å². The van der Waals surface area contributed by atoms with E-state index in [4.69, 9.17) is 0 Å². The third-order valence-electron chi connectivity index (χ3n) is 10.4. The van der Waals surface area contributed by atoms with Gasteiger partial charge in [-0.3, -0.25) is 0 Å². The molecule has 2 heterocycles. The summed E-state index contributed by atoms with van der Waals surface area (Å²) in [6.45, 7) is 33.1. The minimum atomic E-state index is 0. The number of rotatable bonds is 15. The molecule has 2 aromatic heterocycles. The third kappa shape index (κ3) is 19.6. The number of unbranched alkanes of at least 4 members (excludes halogenated alkanes) is 1. The number of H-pyrrole nitrogens is 2. The molecule has 2 atom stereocenters. The van der Waals surface area contributed by atoms with E-state index in [1.54, 1.807) is 0 Å². The maximum atomic E-state index is 4.38. The molecule has 3 N–H and O–H groups in total. The number of para-hydroxylation sites is 2. The fourth-order valence-corrected chi connectivity index (χ4v) is 7.07. The normalized spacial score (nSPS) is 11.5. The van der Waals surface area contributed by atoms with Gasteiger partial charge in [0.25, 0.3) is 0 Å². The number of aromatic nitrogens is 2. The monoisotopic (exact) mass is 856 g/mol. The molecule has 6 rings (SSSR count). The SMILES string of the molecule is C=C(C)C/C(=C/C)c1ccccc1C.C=C(Cc1c[nH]c2ccccc12)C(C)C([CH-]CCC)CC.C=CCc1c[nH]c2ccccc12.CC.[CH2-]/C(=C/NC)c1ccccc1.[CH3-].[K+]. The Morgan fingerprint density at radius 1 is 0.823 bits per heavy atom. The van der Waals surface area contributed by atoms with Crippen molar-refractivity contribution < 1.29 is 51.4 Å². The first-order chi connectivity index (χ1) is 29.1. The van der Waals surface area contributed by atoms with Crippen molar-refractivity contribution in [3.05, 3.63) is 213 Å². The fraction of sp³-hybridized carbons (Fsp3) is 0.293. The van der Waals surface area contributed by atoms with Crippen molar-refractivity contribution >= 4 is 33.0 Å². The molecular formula is C58H78KN3-2. The average molecular weight is 856 g/mol. The fourth-order valence-electron chi connectivity index (χ4n) is 7.07. The number of nitrogens with one attached hydrogen (secondary N) is 3. The average Bonchev–Trinajstić information content (AvgIpc) is 3.89. The minimum Gasteiger partial charge on any atom is -0.445 e. The number of hydrogen-bond acceptors (Lipinski definition) is 1. The van der Waals surface area contributed by atoms with Gasteiger partial charge in [-0.1, -0.05) is 163 Å². The van der Waals surface area contributed by atoms with Crippen LogP contribution < -0.4 is 56.7 Å². The van der Waals surface area contributed by atoms with E-state index in [9.17, 15) is 0 Å². The smallest absolute Gasteiger partial charge is 0.445 e. The zero-order valence-electron chi connectivity index (χ0n) is 40.5. The first-order valence-corrected chi connectivity index (χ1v) is 21.9. The van der Waals surface area contributed by atoms with Crippen LogP contribution in [0.15, 0.2) is 165 Å². The zero-order valence-corrected chi connectivity index (χ0v) is 43.6. The van der Waals surface area contributed by atoms with Gasteiger partial charge in [0, 0.05) is 34.2 Å². The van der Waals surface area contributed by atoms with Crippen molar-refractivity contribution in [2.45, 2.75) is 93.9 Å². The maximum absolute atomic E-state index is 4.38. The summed E-state index contributed by atoms with van der Waals surface area (Å²) in [5, 5.41) is 5.57. The molecule has 3 nitrogen and oxygen atoms in total. The number of benzene rings is 4. The quantitative estimate of drug-likeness (QED) is 0.0538. The topological polar surface area (TPSA) is 43.6 Å². The second-order valence-corrected chi connectivity index (χ2v) is 15.0. The first-order valence-electron chi connectivity index (χ1n) is 21.9. The summed E-state index contributed by atoms with van der Waals surface area (Å²) in [6, 6.07) is 35.4. The molecule has 0 fully saturated rings. The van der Waals surface area contributed by atoms with Gasteiger partial charge < -0.3 is 29.1 Å². The molecule has 4 aromatic carbocycles. The van der Waals surface area contributed by atoms with Crippen LogP contribution in [-0.4, -0.2) is 17.0 Å². The summed E-state index contributed by atoms with van der Waals surface area (Å²) in [5.41, 5.74) is 13.9. The van der Waals surface area contributed by atoms with Crippen LogP contribution in [0.1, 0.15) is 102 Å². The molecule has 0 bridgehead atoms. The van der Waals surface area contributed by atoms with E-state index >= 15 is 0 Å². The van der Waals surface area contributed by atoms with Crippen molar-refractivity contribution in [3.8, 4) is 0 Å². The van der Waals surface area contributed by atoms with Crippen molar-refractivity contribution in [1.29, 1.82) is 0 Å². The van der Waals surface area contributed by atoms with Gasteiger partial charge >= 0.3 is 51.4 Å². The molecule has 2 unspecified atom stereocenters. The second kappa shape index (κ2) is 33.5. The van der Waals surface area contributed by atoms with Crippen LogP contribution in [0.25, 0.3) is 33.0 Å². The molecule has 0 radical (unpaired) electrons. The van der Waals surface area contributed by atoms with Gasteiger partial charge in [0.05, 0.1) is 0 Å². The number of aryl methyl sites for hydroxylation is 1. The van der Waals surface area contributed by atoms with Crippen LogP contribution in [0.4, 0.5) is 0 Å². The van der Waals surface area contributed by atoms with E-state index < -0.39 is 0 Å². The second-order valence-electron chi connectivity index (χ2n) is 15.0. The van der Waals surface area contributed by atoms with Gasteiger partial charge in [0.15, 0.2) is 0 Å². The largest absolute Gasteiger partial charge is 1.00 e. The summed E-state index contributed by atoms with van der Waals surface area (Å²) in [5.74, 6) is 1.21. The summed E-state index contributed by atoms with van der Waals surface area (Å²) in [7, 11) is 1.87. The first kappa shape index (κ1) is 58.0. The Bertz CT molecular complexity index is 2200. The van der Waals surface area contributed by atoms with Gasteiger partial charge in [0.1, 0.15) is 0 Å². The zero-order chi connectivity index (χ0) is 44.3. The summed E-state index contributed by atoms with van der Waals surface area (Å²) in [6.07, 6.45) is 19.2. The molecule has 0 spiro atoms. The molecule has 0 aliphatic heterocycles. The van der Waals surface area contributed by atoms with Gasteiger partial charge in [0.2, 0.25) is 0 Å². The van der Waals surface area contributed by atoms with Crippen LogP contribution in [-0.2, 0) is 12.8 Å². The minimum absolute atomic E-state index is 0.